The van der Waals surface area contributed by atoms with Crippen molar-refractivity contribution >= 4 is 23.1 Å². The summed E-state index contributed by atoms with van der Waals surface area (Å²) in [6.45, 7) is 2.71. The molecular formula is C16H18N2OS. The van der Waals surface area contributed by atoms with Crippen molar-refractivity contribution in [1.29, 1.82) is 0 Å². The largest absolute Gasteiger partial charge is 0.322 e. The van der Waals surface area contributed by atoms with Crippen molar-refractivity contribution < 1.29 is 4.79 Å². The number of anilines is 1. The second kappa shape index (κ2) is 5.67. The molecule has 1 N–H and O–H groups in total. The second-order valence-corrected chi connectivity index (χ2v) is 6.02. The Hall–Kier alpha value is -1.81. The zero-order valence-electron chi connectivity index (χ0n) is 11.5. The van der Waals surface area contributed by atoms with Gasteiger partial charge in [0, 0.05) is 18.3 Å². The number of hydrogen-bond donors (Lipinski definition) is 1. The van der Waals surface area contributed by atoms with Crippen LogP contribution >= 0.6 is 11.3 Å². The van der Waals surface area contributed by atoms with Crippen molar-refractivity contribution in [3.63, 3.8) is 0 Å². The van der Waals surface area contributed by atoms with E-state index < -0.39 is 0 Å². The Labute approximate surface area is 123 Å². The molecule has 0 atom stereocenters. The maximum absolute atomic E-state index is 12.5. The Morgan fingerprint density at radius 3 is 2.80 bits per heavy atom. The minimum atomic E-state index is 0.00741. The zero-order chi connectivity index (χ0) is 13.9. The maximum atomic E-state index is 12.5. The number of nitrogens with one attached hydrogen (secondary N) is 1. The Morgan fingerprint density at radius 2 is 2.15 bits per heavy atom. The fourth-order valence-corrected chi connectivity index (χ4v) is 2.89. The van der Waals surface area contributed by atoms with E-state index in [9.17, 15) is 4.79 Å². The van der Waals surface area contributed by atoms with Gasteiger partial charge >= 0.3 is 6.03 Å². The predicted molar refractivity (Wildman–Crippen MR) is 83.1 cm³/mol. The molecule has 0 bridgehead atoms. The number of thiophene rings is 1. The fourth-order valence-electron chi connectivity index (χ4n) is 2.23. The van der Waals surface area contributed by atoms with Crippen molar-refractivity contribution in [3.05, 3.63) is 52.2 Å². The number of aryl methyl sites for hydroxylation is 1. The van der Waals surface area contributed by atoms with E-state index in [0.717, 1.165) is 24.1 Å². The van der Waals surface area contributed by atoms with Crippen LogP contribution in [0.25, 0.3) is 0 Å². The van der Waals surface area contributed by atoms with Crippen LogP contribution in [0.3, 0.4) is 0 Å². The number of carbonyl (C=O) groups excluding carboxylic acids is 1. The predicted octanol–water partition coefficient (Wildman–Crippen LogP) is 4.25. The number of para-hydroxylation sites is 1. The van der Waals surface area contributed by atoms with Gasteiger partial charge in [-0.1, -0.05) is 18.2 Å². The molecule has 2 aromatic rings. The Bertz CT molecular complexity index is 590. The summed E-state index contributed by atoms with van der Waals surface area (Å²) in [4.78, 5) is 14.4. The number of carbonyl (C=O) groups is 1. The van der Waals surface area contributed by atoms with Gasteiger partial charge in [0.05, 0.1) is 0 Å². The van der Waals surface area contributed by atoms with Crippen molar-refractivity contribution in [2.45, 2.75) is 32.4 Å². The van der Waals surface area contributed by atoms with Gasteiger partial charge in [0.25, 0.3) is 0 Å². The molecule has 104 valence electrons. The third-order valence-electron chi connectivity index (χ3n) is 3.57. The van der Waals surface area contributed by atoms with Crippen molar-refractivity contribution in [2.24, 2.45) is 0 Å². The molecule has 1 fully saturated rings. The quantitative estimate of drug-likeness (QED) is 0.895. The zero-order valence-corrected chi connectivity index (χ0v) is 12.3. The van der Waals surface area contributed by atoms with Gasteiger partial charge in [-0.05, 0) is 53.8 Å². The van der Waals surface area contributed by atoms with Gasteiger partial charge < -0.3 is 10.2 Å². The third-order valence-corrected chi connectivity index (χ3v) is 4.30. The van der Waals surface area contributed by atoms with Crippen LogP contribution in [0.4, 0.5) is 10.5 Å². The van der Waals surface area contributed by atoms with Crippen LogP contribution in [0.1, 0.15) is 24.0 Å². The molecule has 0 saturated heterocycles. The summed E-state index contributed by atoms with van der Waals surface area (Å²) in [7, 11) is 0. The summed E-state index contributed by atoms with van der Waals surface area (Å²) in [6, 6.07) is 10.4. The number of urea groups is 1. The standard InChI is InChI=1S/C16H18N2OS/c1-12-4-2-3-5-15(12)17-16(19)18(14-6-7-14)10-13-8-9-20-11-13/h2-5,8-9,11,14H,6-7,10H2,1H3,(H,17,19). The van der Waals surface area contributed by atoms with Crippen molar-refractivity contribution in [3.8, 4) is 0 Å². The first kappa shape index (κ1) is 13.2. The van der Waals surface area contributed by atoms with Crippen LogP contribution in [0, 0.1) is 6.92 Å². The smallest absolute Gasteiger partial charge is 0.317 e. The minimum absolute atomic E-state index is 0.00741. The van der Waals surface area contributed by atoms with E-state index in [1.807, 2.05) is 36.1 Å². The average Bonchev–Trinajstić information content (AvgIpc) is 3.15. The number of nitrogens with zero attached hydrogens (tertiary/aromatic N) is 1. The van der Waals surface area contributed by atoms with Crippen LogP contribution in [0.2, 0.25) is 0 Å². The summed E-state index contributed by atoms with van der Waals surface area (Å²) in [5.74, 6) is 0. The third kappa shape index (κ3) is 3.02. The number of rotatable bonds is 4. The van der Waals surface area contributed by atoms with E-state index >= 15 is 0 Å². The molecule has 2 amide bonds. The molecule has 3 nitrogen and oxygen atoms in total. The van der Waals surface area contributed by atoms with E-state index in [4.69, 9.17) is 0 Å². The summed E-state index contributed by atoms with van der Waals surface area (Å²) in [5.41, 5.74) is 3.20. The Morgan fingerprint density at radius 1 is 1.35 bits per heavy atom. The van der Waals surface area contributed by atoms with Crippen LogP contribution < -0.4 is 5.32 Å². The molecule has 0 aliphatic heterocycles. The van der Waals surface area contributed by atoms with E-state index in [1.165, 1.54) is 5.56 Å². The minimum Gasteiger partial charge on any atom is -0.317 e. The van der Waals surface area contributed by atoms with Gasteiger partial charge in [0.2, 0.25) is 0 Å². The van der Waals surface area contributed by atoms with Crippen molar-refractivity contribution in [1.82, 2.24) is 4.90 Å². The molecule has 1 saturated carbocycles. The Balaban J connectivity index is 1.71. The fraction of sp³-hybridized carbons (Fsp3) is 0.312. The number of benzene rings is 1. The lowest BCUT2D eigenvalue weighted by Crippen LogP contribution is -2.36. The van der Waals surface area contributed by atoms with Gasteiger partial charge in [-0.2, -0.15) is 11.3 Å². The molecule has 0 spiro atoms. The highest BCUT2D eigenvalue weighted by Crippen LogP contribution is 2.29. The van der Waals surface area contributed by atoms with Crippen LogP contribution in [-0.2, 0) is 6.54 Å². The normalized spacial score (nSPS) is 14.1. The van der Waals surface area contributed by atoms with E-state index in [2.05, 4.69) is 22.1 Å². The highest BCUT2D eigenvalue weighted by atomic mass is 32.1. The molecule has 4 heteroatoms. The molecule has 3 rings (SSSR count). The second-order valence-electron chi connectivity index (χ2n) is 5.24. The number of amides is 2. The first-order valence-corrected chi connectivity index (χ1v) is 7.82. The van der Waals surface area contributed by atoms with Gasteiger partial charge in [-0.15, -0.1) is 0 Å². The molecule has 1 aliphatic rings. The molecule has 1 aromatic carbocycles. The molecule has 1 aromatic heterocycles. The lowest BCUT2D eigenvalue weighted by atomic mass is 10.2. The average molecular weight is 286 g/mol. The monoisotopic (exact) mass is 286 g/mol. The van der Waals surface area contributed by atoms with Crippen molar-refractivity contribution in [2.75, 3.05) is 5.32 Å². The van der Waals surface area contributed by atoms with Crippen LogP contribution in [0.5, 0.6) is 0 Å². The topological polar surface area (TPSA) is 32.3 Å². The van der Waals surface area contributed by atoms with Gasteiger partial charge in [-0.25, -0.2) is 4.79 Å². The summed E-state index contributed by atoms with van der Waals surface area (Å²) >= 11 is 1.67. The van der Waals surface area contributed by atoms with E-state index in [1.54, 1.807) is 11.3 Å². The van der Waals surface area contributed by atoms with Gasteiger partial charge in [-0.3, -0.25) is 0 Å². The van der Waals surface area contributed by atoms with E-state index in [0.29, 0.717) is 12.6 Å². The van der Waals surface area contributed by atoms with Crippen LogP contribution in [-0.4, -0.2) is 17.0 Å². The molecule has 1 heterocycles. The number of hydrogen-bond acceptors (Lipinski definition) is 2. The Kier molecular flexibility index (Phi) is 3.74. The first-order valence-electron chi connectivity index (χ1n) is 6.88. The molecule has 0 radical (unpaired) electrons. The lowest BCUT2D eigenvalue weighted by Gasteiger charge is -2.23. The summed E-state index contributed by atoms with van der Waals surface area (Å²) < 4.78 is 0. The van der Waals surface area contributed by atoms with Gasteiger partial charge in [0.1, 0.15) is 0 Å². The summed E-state index contributed by atoms with van der Waals surface area (Å²) in [6.07, 6.45) is 2.23. The maximum Gasteiger partial charge on any atom is 0.322 e. The lowest BCUT2D eigenvalue weighted by molar-refractivity contribution is 0.206. The molecule has 20 heavy (non-hydrogen) atoms. The first-order chi connectivity index (χ1) is 9.74. The SMILES string of the molecule is Cc1ccccc1NC(=O)N(Cc1ccsc1)C1CC1. The molecular weight excluding hydrogens is 268 g/mol. The van der Waals surface area contributed by atoms with E-state index in [-0.39, 0.29) is 6.03 Å². The molecule has 0 unspecified atom stereocenters. The van der Waals surface area contributed by atoms with Crippen LogP contribution in [0.15, 0.2) is 41.1 Å². The highest BCUT2D eigenvalue weighted by molar-refractivity contribution is 7.07. The molecule has 1 aliphatic carbocycles. The highest BCUT2D eigenvalue weighted by Gasteiger charge is 2.32. The summed E-state index contributed by atoms with van der Waals surface area (Å²) in [5, 5.41) is 7.20. The van der Waals surface area contributed by atoms with Gasteiger partial charge in [0.15, 0.2) is 0 Å².